The molecule has 22 heavy (non-hydrogen) atoms. The second-order valence-electron chi connectivity index (χ2n) is 4.92. The van der Waals surface area contributed by atoms with E-state index in [-0.39, 0.29) is 11.8 Å². The van der Waals surface area contributed by atoms with Crippen LogP contribution in [0.15, 0.2) is 55.1 Å². The number of H-pyrrole nitrogens is 1. The zero-order valence-corrected chi connectivity index (χ0v) is 11.5. The molecule has 2 aromatic carbocycles. The van der Waals surface area contributed by atoms with Crippen molar-refractivity contribution in [2.75, 3.05) is 0 Å². The molecule has 0 spiro atoms. The summed E-state index contributed by atoms with van der Waals surface area (Å²) in [4.78, 5) is 4.02. The molecule has 0 saturated carbocycles. The van der Waals surface area contributed by atoms with Gasteiger partial charge in [0.1, 0.15) is 30.0 Å². The first kappa shape index (κ1) is 12.5. The van der Waals surface area contributed by atoms with E-state index in [4.69, 9.17) is 0 Å². The minimum absolute atomic E-state index is 0.0855. The number of hydrogen-bond acceptors (Lipinski definition) is 5. The van der Waals surface area contributed by atoms with Crippen LogP contribution in [-0.2, 0) is 0 Å². The Bertz CT molecular complexity index is 900. The Kier molecular flexibility index (Phi) is 2.82. The van der Waals surface area contributed by atoms with Crippen molar-refractivity contribution in [2.24, 2.45) is 0 Å². The molecule has 7 nitrogen and oxygen atoms in total. The summed E-state index contributed by atoms with van der Waals surface area (Å²) >= 11 is 0. The average Bonchev–Trinajstić information content (AvgIpc) is 3.20. The monoisotopic (exact) mass is 292 g/mol. The number of rotatable bonds is 3. The Morgan fingerprint density at radius 1 is 1.05 bits per heavy atom. The Hall–Kier alpha value is -3.22. The highest BCUT2D eigenvalue weighted by atomic mass is 16.3. The lowest BCUT2D eigenvalue weighted by Crippen LogP contribution is -2.12. The van der Waals surface area contributed by atoms with E-state index in [2.05, 4.69) is 25.5 Å². The third kappa shape index (κ3) is 1.99. The molecule has 0 amide bonds. The van der Waals surface area contributed by atoms with Crippen LogP contribution in [0.1, 0.15) is 17.2 Å². The molecule has 2 heterocycles. The van der Waals surface area contributed by atoms with Crippen molar-refractivity contribution >= 4 is 11.0 Å². The first-order valence-corrected chi connectivity index (χ1v) is 6.75. The number of aromatic hydroxyl groups is 1. The predicted molar refractivity (Wildman–Crippen MR) is 79.3 cm³/mol. The van der Waals surface area contributed by atoms with Crippen LogP contribution in [0, 0.1) is 0 Å². The van der Waals surface area contributed by atoms with Crippen LogP contribution < -0.4 is 0 Å². The molecule has 4 rings (SSSR count). The van der Waals surface area contributed by atoms with Gasteiger partial charge in [-0.05, 0) is 23.3 Å². The summed E-state index contributed by atoms with van der Waals surface area (Å²) in [5.74, 6) is 0.0855. The summed E-state index contributed by atoms with van der Waals surface area (Å²) in [6, 6.07) is 13.3. The number of phenolic OH excluding ortho intramolecular Hbond substituents is 1. The van der Waals surface area contributed by atoms with Gasteiger partial charge in [0.05, 0.1) is 0 Å². The summed E-state index contributed by atoms with van der Waals surface area (Å²) in [6.45, 7) is 0. The molecule has 2 N–H and O–H groups in total. The van der Waals surface area contributed by atoms with Crippen LogP contribution in [0.2, 0.25) is 0 Å². The number of phenols is 1. The fourth-order valence-electron chi connectivity index (χ4n) is 2.60. The van der Waals surface area contributed by atoms with Crippen molar-refractivity contribution in [2.45, 2.75) is 6.04 Å². The second-order valence-corrected chi connectivity index (χ2v) is 4.92. The molecule has 0 aliphatic carbocycles. The van der Waals surface area contributed by atoms with E-state index < -0.39 is 0 Å². The van der Waals surface area contributed by atoms with Crippen molar-refractivity contribution in [3.63, 3.8) is 0 Å². The molecule has 0 fully saturated rings. The molecule has 108 valence electrons. The van der Waals surface area contributed by atoms with Crippen molar-refractivity contribution < 1.29 is 5.11 Å². The number of nitrogens with zero attached hydrogens (tertiary/aromatic N) is 5. The van der Waals surface area contributed by atoms with E-state index in [0.717, 1.165) is 11.1 Å². The van der Waals surface area contributed by atoms with Crippen molar-refractivity contribution in [3.05, 3.63) is 66.2 Å². The molecule has 7 heteroatoms. The lowest BCUT2D eigenvalue weighted by molar-refractivity contribution is 0.477. The molecular weight excluding hydrogens is 280 g/mol. The van der Waals surface area contributed by atoms with Gasteiger partial charge in [-0.15, -0.1) is 0 Å². The second kappa shape index (κ2) is 4.96. The van der Waals surface area contributed by atoms with Gasteiger partial charge in [0, 0.05) is 0 Å². The normalized spacial score (nSPS) is 12.5. The summed E-state index contributed by atoms with van der Waals surface area (Å²) in [6.07, 6.45) is 3.14. The number of aromatic nitrogens is 6. The molecule has 0 aliphatic heterocycles. The Labute approximate surface area is 125 Å². The largest absolute Gasteiger partial charge is 0.506 e. The smallest absolute Gasteiger partial charge is 0.154 e. The molecule has 2 aromatic heterocycles. The fraction of sp³-hybridized carbons (Fsp3) is 0.0667. The van der Waals surface area contributed by atoms with E-state index in [1.54, 1.807) is 17.1 Å². The number of fused-ring (bicyclic) bond motifs is 1. The molecule has 0 aliphatic rings. The van der Waals surface area contributed by atoms with Crippen LogP contribution in [0.4, 0.5) is 0 Å². The standard InChI is InChI=1S/C15H12N6O/c22-13-7-11(6-12-14(13)19-20-18-12)15(21-9-16-8-17-21)10-4-2-1-3-5-10/h1-9,15,22H,(H,18,19,20). The van der Waals surface area contributed by atoms with E-state index in [1.807, 2.05) is 36.4 Å². The van der Waals surface area contributed by atoms with Crippen LogP contribution in [0.25, 0.3) is 11.0 Å². The van der Waals surface area contributed by atoms with Crippen LogP contribution in [0.5, 0.6) is 5.75 Å². The van der Waals surface area contributed by atoms with Gasteiger partial charge < -0.3 is 5.11 Å². The molecule has 4 aromatic rings. The van der Waals surface area contributed by atoms with Gasteiger partial charge >= 0.3 is 0 Å². The number of aromatic amines is 1. The quantitative estimate of drug-likeness (QED) is 0.601. The van der Waals surface area contributed by atoms with Crippen LogP contribution in [0.3, 0.4) is 0 Å². The number of hydrogen-bond donors (Lipinski definition) is 2. The van der Waals surface area contributed by atoms with Crippen molar-refractivity contribution in [1.29, 1.82) is 0 Å². The Balaban J connectivity index is 1.93. The fourth-order valence-corrected chi connectivity index (χ4v) is 2.60. The SMILES string of the molecule is Oc1cc(C(c2ccccc2)n2cncn2)cc2n[nH]nc12. The molecule has 0 radical (unpaired) electrons. The zero-order valence-electron chi connectivity index (χ0n) is 11.5. The first-order valence-electron chi connectivity index (χ1n) is 6.75. The lowest BCUT2D eigenvalue weighted by Gasteiger charge is -2.18. The maximum Gasteiger partial charge on any atom is 0.154 e. The van der Waals surface area contributed by atoms with Gasteiger partial charge in [-0.3, -0.25) is 0 Å². The van der Waals surface area contributed by atoms with Gasteiger partial charge in [-0.1, -0.05) is 30.3 Å². The van der Waals surface area contributed by atoms with Gasteiger partial charge in [0.25, 0.3) is 0 Å². The predicted octanol–water partition coefficient (Wildman–Crippen LogP) is 1.89. The molecular formula is C15H12N6O. The van der Waals surface area contributed by atoms with Crippen LogP contribution in [-0.4, -0.2) is 35.3 Å². The minimum Gasteiger partial charge on any atom is -0.506 e. The van der Waals surface area contributed by atoms with Gasteiger partial charge in [0.15, 0.2) is 5.52 Å². The van der Waals surface area contributed by atoms with E-state index in [1.165, 1.54) is 6.33 Å². The van der Waals surface area contributed by atoms with Crippen molar-refractivity contribution in [3.8, 4) is 5.75 Å². The van der Waals surface area contributed by atoms with Gasteiger partial charge in [-0.2, -0.15) is 20.5 Å². The molecule has 0 saturated heterocycles. The number of nitrogens with one attached hydrogen (secondary N) is 1. The topological polar surface area (TPSA) is 92.5 Å². The highest BCUT2D eigenvalue weighted by molar-refractivity contribution is 5.81. The average molecular weight is 292 g/mol. The molecule has 1 unspecified atom stereocenters. The summed E-state index contributed by atoms with van der Waals surface area (Å²) in [5, 5.41) is 24.9. The third-order valence-corrected chi connectivity index (χ3v) is 3.56. The highest BCUT2D eigenvalue weighted by Gasteiger charge is 2.19. The maximum absolute atomic E-state index is 10.2. The lowest BCUT2D eigenvalue weighted by atomic mass is 9.98. The van der Waals surface area contributed by atoms with E-state index >= 15 is 0 Å². The van der Waals surface area contributed by atoms with Gasteiger partial charge in [0.2, 0.25) is 0 Å². The Morgan fingerprint density at radius 2 is 1.91 bits per heavy atom. The summed E-state index contributed by atoms with van der Waals surface area (Å²) < 4.78 is 1.75. The van der Waals surface area contributed by atoms with Gasteiger partial charge in [-0.25, -0.2) is 9.67 Å². The highest BCUT2D eigenvalue weighted by Crippen LogP contribution is 2.31. The summed E-state index contributed by atoms with van der Waals surface area (Å²) in [7, 11) is 0. The minimum atomic E-state index is -0.198. The Morgan fingerprint density at radius 3 is 2.68 bits per heavy atom. The third-order valence-electron chi connectivity index (χ3n) is 3.56. The molecule has 0 bridgehead atoms. The summed E-state index contributed by atoms with van der Waals surface area (Å²) in [5.41, 5.74) is 2.95. The van der Waals surface area contributed by atoms with E-state index in [0.29, 0.717) is 11.0 Å². The maximum atomic E-state index is 10.2. The van der Waals surface area contributed by atoms with Crippen LogP contribution >= 0.6 is 0 Å². The van der Waals surface area contributed by atoms with Crippen molar-refractivity contribution in [1.82, 2.24) is 30.2 Å². The number of benzene rings is 2. The zero-order chi connectivity index (χ0) is 14.9. The van der Waals surface area contributed by atoms with E-state index in [9.17, 15) is 5.11 Å². The molecule has 1 atom stereocenters. The first-order chi connectivity index (χ1) is 10.8.